The number of allylic oxidation sites excluding steroid dienone is 2. The van der Waals surface area contributed by atoms with Crippen molar-refractivity contribution in [1.82, 2.24) is 0 Å². The van der Waals surface area contributed by atoms with Gasteiger partial charge in [0.05, 0.1) is 4.91 Å². The zero-order valence-corrected chi connectivity index (χ0v) is 14.1. The highest BCUT2D eigenvalue weighted by atomic mass is 32.2. The van der Waals surface area contributed by atoms with Gasteiger partial charge in [-0.2, -0.15) is 8.42 Å². The van der Waals surface area contributed by atoms with E-state index >= 15 is 0 Å². The average molecular weight is 304 g/mol. The number of rotatable bonds is 13. The van der Waals surface area contributed by atoms with E-state index in [0.29, 0.717) is 6.42 Å². The van der Waals surface area contributed by atoms with Crippen LogP contribution in [0.3, 0.4) is 0 Å². The van der Waals surface area contributed by atoms with Crippen LogP contribution < -0.4 is 0 Å². The summed E-state index contributed by atoms with van der Waals surface area (Å²) in [7, 11) is -3.99. The molecule has 3 nitrogen and oxygen atoms in total. The maximum atomic E-state index is 11.3. The Bertz CT molecular complexity index is 345. The molecule has 0 radical (unpaired) electrons. The van der Waals surface area contributed by atoms with Crippen LogP contribution in [0.5, 0.6) is 0 Å². The Labute approximate surface area is 125 Å². The van der Waals surface area contributed by atoms with Crippen molar-refractivity contribution in [2.45, 2.75) is 90.9 Å². The van der Waals surface area contributed by atoms with E-state index in [1.807, 2.05) is 0 Å². The molecule has 4 heteroatoms. The second-order valence-electron chi connectivity index (χ2n) is 5.51. The Morgan fingerprint density at radius 3 is 1.85 bits per heavy atom. The molecule has 0 amide bonds. The molecule has 0 saturated carbocycles. The van der Waals surface area contributed by atoms with Gasteiger partial charge in [-0.3, -0.25) is 4.55 Å². The second-order valence-corrected chi connectivity index (χ2v) is 6.99. The summed E-state index contributed by atoms with van der Waals surface area (Å²) in [6, 6.07) is 0. The summed E-state index contributed by atoms with van der Waals surface area (Å²) in [5.74, 6) is 0. The molecule has 0 spiro atoms. The molecule has 0 aliphatic rings. The third kappa shape index (κ3) is 11.5. The summed E-state index contributed by atoms with van der Waals surface area (Å²) >= 11 is 0. The molecular formula is C16H32O3S. The fourth-order valence-electron chi connectivity index (χ4n) is 2.25. The minimum atomic E-state index is -3.99. The number of hydrogen-bond acceptors (Lipinski definition) is 2. The summed E-state index contributed by atoms with van der Waals surface area (Å²) in [6.45, 7) is 4.33. The highest BCUT2D eigenvalue weighted by Crippen LogP contribution is 2.17. The molecular weight excluding hydrogens is 272 g/mol. The van der Waals surface area contributed by atoms with E-state index in [2.05, 4.69) is 13.8 Å². The van der Waals surface area contributed by atoms with Gasteiger partial charge in [-0.25, -0.2) is 0 Å². The Hall–Kier alpha value is -0.350. The molecule has 0 aromatic carbocycles. The maximum absolute atomic E-state index is 11.3. The van der Waals surface area contributed by atoms with Crippen LogP contribution in [-0.2, 0) is 10.1 Å². The predicted molar refractivity (Wildman–Crippen MR) is 86.4 cm³/mol. The Kier molecular flexibility index (Phi) is 12.2. The summed E-state index contributed by atoms with van der Waals surface area (Å²) in [5.41, 5.74) is 0. The van der Waals surface area contributed by atoms with Crippen molar-refractivity contribution in [2.24, 2.45) is 0 Å². The minimum Gasteiger partial charge on any atom is -0.282 e. The highest BCUT2D eigenvalue weighted by Gasteiger charge is 2.12. The molecule has 0 aliphatic heterocycles. The van der Waals surface area contributed by atoms with Gasteiger partial charge in [-0.15, -0.1) is 0 Å². The molecule has 0 bridgehead atoms. The van der Waals surface area contributed by atoms with E-state index in [4.69, 9.17) is 0 Å². The average Bonchev–Trinajstić information content (AvgIpc) is 2.38. The lowest BCUT2D eigenvalue weighted by atomic mass is 10.1. The van der Waals surface area contributed by atoms with Crippen molar-refractivity contribution in [1.29, 1.82) is 0 Å². The molecule has 0 atom stereocenters. The SMILES string of the molecule is CCCCCCC/C=C(/CCCCCCC)S(=O)(=O)O. The third-order valence-electron chi connectivity index (χ3n) is 3.54. The molecule has 0 heterocycles. The first-order chi connectivity index (χ1) is 9.52. The van der Waals surface area contributed by atoms with Crippen LogP contribution in [0.2, 0.25) is 0 Å². The zero-order valence-electron chi connectivity index (χ0n) is 13.2. The molecule has 0 aromatic rings. The number of hydrogen-bond donors (Lipinski definition) is 1. The van der Waals surface area contributed by atoms with E-state index in [1.165, 1.54) is 32.1 Å². The van der Waals surface area contributed by atoms with Gasteiger partial charge in [0.15, 0.2) is 0 Å². The second kappa shape index (κ2) is 12.4. The standard InChI is InChI=1S/C16H32O3S/c1-3-5-7-9-11-13-15-16(20(17,18)19)14-12-10-8-6-4-2/h15H,3-14H2,1-2H3,(H,17,18,19)/b16-15-. The molecule has 0 unspecified atom stereocenters. The first-order valence-electron chi connectivity index (χ1n) is 8.18. The van der Waals surface area contributed by atoms with Crippen LogP contribution >= 0.6 is 0 Å². The largest absolute Gasteiger partial charge is 0.290 e. The van der Waals surface area contributed by atoms with Crippen LogP contribution in [0.4, 0.5) is 0 Å². The van der Waals surface area contributed by atoms with Crippen molar-refractivity contribution in [2.75, 3.05) is 0 Å². The van der Waals surface area contributed by atoms with Gasteiger partial charge < -0.3 is 0 Å². The third-order valence-corrected chi connectivity index (χ3v) is 4.57. The van der Waals surface area contributed by atoms with Gasteiger partial charge in [0.2, 0.25) is 0 Å². The normalized spacial score (nSPS) is 12.8. The van der Waals surface area contributed by atoms with E-state index in [-0.39, 0.29) is 4.91 Å². The smallest absolute Gasteiger partial charge is 0.282 e. The van der Waals surface area contributed by atoms with Crippen LogP contribution in [0, 0.1) is 0 Å². The lowest BCUT2D eigenvalue weighted by Gasteiger charge is -2.05. The van der Waals surface area contributed by atoms with Gasteiger partial charge >= 0.3 is 0 Å². The van der Waals surface area contributed by atoms with Gasteiger partial charge in [-0.05, 0) is 25.7 Å². The molecule has 0 aromatic heterocycles. The van der Waals surface area contributed by atoms with Crippen molar-refractivity contribution >= 4 is 10.1 Å². The Morgan fingerprint density at radius 1 is 0.850 bits per heavy atom. The minimum absolute atomic E-state index is 0.226. The summed E-state index contributed by atoms with van der Waals surface area (Å²) in [6.07, 6.45) is 14.2. The molecule has 20 heavy (non-hydrogen) atoms. The molecule has 1 N–H and O–H groups in total. The maximum Gasteiger partial charge on any atom is 0.290 e. The van der Waals surface area contributed by atoms with Gasteiger partial charge in [0.25, 0.3) is 10.1 Å². The number of unbranched alkanes of at least 4 members (excludes halogenated alkanes) is 9. The fourth-order valence-corrected chi connectivity index (χ4v) is 2.98. The topological polar surface area (TPSA) is 54.4 Å². The first-order valence-corrected chi connectivity index (χ1v) is 9.62. The van der Waals surface area contributed by atoms with Crippen molar-refractivity contribution in [3.05, 3.63) is 11.0 Å². The molecule has 120 valence electrons. The van der Waals surface area contributed by atoms with Crippen molar-refractivity contribution < 1.29 is 13.0 Å². The monoisotopic (exact) mass is 304 g/mol. The van der Waals surface area contributed by atoms with E-state index in [0.717, 1.165) is 38.5 Å². The van der Waals surface area contributed by atoms with Crippen LogP contribution in [0.15, 0.2) is 11.0 Å². The Morgan fingerprint density at radius 2 is 1.35 bits per heavy atom. The molecule has 0 saturated heterocycles. The quantitative estimate of drug-likeness (QED) is 0.362. The fraction of sp³-hybridized carbons (Fsp3) is 0.875. The lowest BCUT2D eigenvalue weighted by molar-refractivity contribution is 0.487. The van der Waals surface area contributed by atoms with E-state index in [1.54, 1.807) is 6.08 Å². The van der Waals surface area contributed by atoms with Crippen LogP contribution in [0.1, 0.15) is 90.9 Å². The van der Waals surface area contributed by atoms with E-state index in [9.17, 15) is 13.0 Å². The van der Waals surface area contributed by atoms with Crippen LogP contribution in [-0.4, -0.2) is 13.0 Å². The van der Waals surface area contributed by atoms with Gasteiger partial charge in [0, 0.05) is 0 Å². The zero-order chi connectivity index (χ0) is 15.3. The van der Waals surface area contributed by atoms with E-state index < -0.39 is 10.1 Å². The molecule has 0 fully saturated rings. The van der Waals surface area contributed by atoms with Crippen molar-refractivity contribution in [3.63, 3.8) is 0 Å². The predicted octanol–water partition coefficient (Wildman–Crippen LogP) is 5.48. The summed E-state index contributed by atoms with van der Waals surface area (Å²) < 4.78 is 31.8. The van der Waals surface area contributed by atoms with Crippen LogP contribution in [0.25, 0.3) is 0 Å². The molecule has 0 rings (SSSR count). The van der Waals surface area contributed by atoms with Gasteiger partial charge in [-0.1, -0.05) is 71.3 Å². The summed E-state index contributed by atoms with van der Waals surface area (Å²) in [4.78, 5) is 0.226. The Balaban J connectivity index is 4.02. The summed E-state index contributed by atoms with van der Waals surface area (Å²) in [5, 5.41) is 0. The first kappa shape index (κ1) is 19.7. The molecule has 0 aliphatic carbocycles. The highest BCUT2D eigenvalue weighted by molar-refractivity contribution is 7.89. The lowest BCUT2D eigenvalue weighted by Crippen LogP contribution is -2.02. The van der Waals surface area contributed by atoms with Gasteiger partial charge in [0.1, 0.15) is 0 Å². The van der Waals surface area contributed by atoms with Crippen molar-refractivity contribution in [3.8, 4) is 0 Å².